The molecule has 3 N–H and O–H groups in total. The Hall–Kier alpha value is -3.61. The van der Waals surface area contributed by atoms with Crippen molar-refractivity contribution in [3.63, 3.8) is 0 Å². The van der Waals surface area contributed by atoms with Crippen LogP contribution in [-0.4, -0.2) is 38.5 Å². The van der Waals surface area contributed by atoms with E-state index < -0.39 is 0 Å². The third-order valence-electron chi connectivity index (χ3n) is 4.86. The molecule has 0 bridgehead atoms. The van der Waals surface area contributed by atoms with Crippen molar-refractivity contribution < 1.29 is 19.1 Å². The molecular formula is C22H23N3O4. The zero-order valence-corrected chi connectivity index (χ0v) is 16.4. The summed E-state index contributed by atoms with van der Waals surface area (Å²) in [5.41, 5.74) is 9.06. The number of esters is 1. The Morgan fingerprint density at radius 3 is 2.31 bits per heavy atom. The van der Waals surface area contributed by atoms with Gasteiger partial charge in [0, 0.05) is 17.7 Å². The maximum absolute atomic E-state index is 13.1. The smallest absolute Gasteiger partial charge is 0.305 e. The molecule has 7 heteroatoms. The Morgan fingerprint density at radius 1 is 1.10 bits per heavy atom. The van der Waals surface area contributed by atoms with Crippen LogP contribution in [0.15, 0.2) is 54.3 Å². The molecule has 0 spiro atoms. The molecule has 0 aromatic heterocycles. The minimum absolute atomic E-state index is 0.0204. The molecule has 150 valence electrons. The van der Waals surface area contributed by atoms with Crippen LogP contribution < -0.4 is 10.6 Å². The van der Waals surface area contributed by atoms with Crippen LogP contribution in [0.2, 0.25) is 0 Å². The van der Waals surface area contributed by atoms with Crippen LogP contribution in [0.5, 0.6) is 0 Å². The van der Waals surface area contributed by atoms with Crippen LogP contribution in [0.4, 0.5) is 5.69 Å². The molecule has 0 radical (unpaired) electrons. The zero-order chi connectivity index (χ0) is 21.0. The van der Waals surface area contributed by atoms with Gasteiger partial charge in [0.05, 0.1) is 26.3 Å². The van der Waals surface area contributed by atoms with E-state index in [1.54, 1.807) is 36.3 Å². The summed E-state index contributed by atoms with van der Waals surface area (Å²) in [6.45, 7) is 0.328. The summed E-state index contributed by atoms with van der Waals surface area (Å²) in [4.78, 5) is 26.0. The Labute approximate surface area is 169 Å². The standard InChI is InChI=1S/C22H23N3O4/c1-28-18-13-25(17-10-8-16(9-11-17)21(23)24)22(27)20(18)15-6-3-14(4-7-15)5-12-19(26)29-2/h3-4,6-11H,5,12-13H2,1-2H3,(H3,23,24). The lowest BCUT2D eigenvalue weighted by atomic mass is 10.0. The lowest BCUT2D eigenvalue weighted by molar-refractivity contribution is -0.140. The molecule has 2 aromatic rings. The molecule has 0 unspecified atom stereocenters. The number of hydrogen-bond acceptors (Lipinski definition) is 5. The molecule has 1 aliphatic rings. The molecule has 3 rings (SSSR count). The molecule has 1 aliphatic heterocycles. The van der Waals surface area contributed by atoms with Crippen molar-refractivity contribution in [3.8, 4) is 0 Å². The molecule has 1 amide bonds. The molecule has 2 aromatic carbocycles. The highest BCUT2D eigenvalue weighted by molar-refractivity contribution is 6.29. The van der Waals surface area contributed by atoms with Crippen molar-refractivity contribution in [1.82, 2.24) is 0 Å². The number of amidine groups is 1. The minimum atomic E-state index is -0.254. The second kappa shape index (κ2) is 8.60. The summed E-state index contributed by atoms with van der Waals surface area (Å²) in [6.07, 6.45) is 0.885. The van der Waals surface area contributed by atoms with Gasteiger partial charge in [0.2, 0.25) is 0 Å². The Balaban J connectivity index is 1.80. The molecule has 0 atom stereocenters. The first kappa shape index (κ1) is 20.1. The summed E-state index contributed by atoms with van der Waals surface area (Å²) in [5.74, 6) is 0.163. The predicted molar refractivity (Wildman–Crippen MR) is 111 cm³/mol. The number of nitrogen functional groups attached to an aromatic ring is 1. The molecule has 1 heterocycles. The first-order valence-corrected chi connectivity index (χ1v) is 9.14. The fourth-order valence-electron chi connectivity index (χ4n) is 3.22. The number of methoxy groups -OCH3 is 2. The van der Waals surface area contributed by atoms with Crippen molar-refractivity contribution in [2.45, 2.75) is 12.8 Å². The number of ether oxygens (including phenoxy) is 2. The van der Waals surface area contributed by atoms with E-state index in [1.165, 1.54) is 7.11 Å². The average Bonchev–Trinajstić information content (AvgIpc) is 3.08. The SMILES string of the molecule is COC(=O)CCc1ccc(C2=C(OC)CN(c3ccc(C(=N)N)cc3)C2=O)cc1. The number of carbonyl (C=O) groups excluding carboxylic acids is 2. The number of nitrogens with two attached hydrogens (primary N) is 1. The van der Waals surface area contributed by atoms with Gasteiger partial charge in [0.15, 0.2) is 0 Å². The van der Waals surface area contributed by atoms with E-state index in [4.69, 9.17) is 15.9 Å². The van der Waals surface area contributed by atoms with Crippen LogP contribution in [0, 0.1) is 5.41 Å². The van der Waals surface area contributed by atoms with Gasteiger partial charge in [-0.05, 0) is 41.8 Å². The summed E-state index contributed by atoms with van der Waals surface area (Å²) < 4.78 is 10.1. The van der Waals surface area contributed by atoms with Gasteiger partial charge in [-0.3, -0.25) is 15.0 Å². The second-order valence-electron chi connectivity index (χ2n) is 6.63. The number of amides is 1. The lowest BCUT2D eigenvalue weighted by Gasteiger charge is -2.17. The highest BCUT2D eigenvalue weighted by Gasteiger charge is 2.33. The summed E-state index contributed by atoms with van der Waals surface area (Å²) >= 11 is 0. The highest BCUT2D eigenvalue weighted by atomic mass is 16.5. The maximum Gasteiger partial charge on any atom is 0.305 e. The molecule has 7 nitrogen and oxygen atoms in total. The van der Waals surface area contributed by atoms with Crippen LogP contribution in [0.25, 0.3) is 5.57 Å². The van der Waals surface area contributed by atoms with Gasteiger partial charge in [-0.25, -0.2) is 0 Å². The van der Waals surface area contributed by atoms with Gasteiger partial charge in [-0.1, -0.05) is 24.3 Å². The van der Waals surface area contributed by atoms with Gasteiger partial charge in [0.25, 0.3) is 5.91 Å². The fourth-order valence-corrected chi connectivity index (χ4v) is 3.22. The van der Waals surface area contributed by atoms with Crippen LogP contribution in [0.3, 0.4) is 0 Å². The monoisotopic (exact) mass is 393 g/mol. The molecule has 0 aliphatic carbocycles. The fraction of sp³-hybridized carbons (Fsp3) is 0.227. The Bertz CT molecular complexity index is 963. The van der Waals surface area contributed by atoms with Gasteiger partial charge >= 0.3 is 5.97 Å². The van der Waals surface area contributed by atoms with Gasteiger partial charge in [0.1, 0.15) is 11.6 Å². The molecule has 29 heavy (non-hydrogen) atoms. The van der Waals surface area contributed by atoms with Crippen LogP contribution >= 0.6 is 0 Å². The highest BCUT2D eigenvalue weighted by Crippen LogP contribution is 2.32. The van der Waals surface area contributed by atoms with Crippen molar-refractivity contribution >= 4 is 29.0 Å². The first-order valence-electron chi connectivity index (χ1n) is 9.14. The zero-order valence-electron chi connectivity index (χ0n) is 16.4. The molecule has 0 fully saturated rings. The lowest BCUT2D eigenvalue weighted by Crippen LogP contribution is -2.26. The number of aryl methyl sites for hydroxylation is 1. The van der Waals surface area contributed by atoms with E-state index in [9.17, 15) is 9.59 Å². The van der Waals surface area contributed by atoms with E-state index >= 15 is 0 Å². The normalized spacial score (nSPS) is 13.6. The largest absolute Gasteiger partial charge is 0.498 e. The van der Waals surface area contributed by atoms with Crippen molar-refractivity contribution in [3.05, 3.63) is 71.0 Å². The van der Waals surface area contributed by atoms with E-state index in [1.807, 2.05) is 24.3 Å². The molecule has 0 saturated heterocycles. The molecular weight excluding hydrogens is 370 g/mol. The number of carbonyl (C=O) groups is 2. The number of nitrogens with one attached hydrogen (secondary N) is 1. The number of nitrogens with zero attached hydrogens (tertiary/aromatic N) is 1. The van der Waals surface area contributed by atoms with Gasteiger partial charge < -0.3 is 20.1 Å². The van der Waals surface area contributed by atoms with Crippen molar-refractivity contribution in [2.75, 3.05) is 25.7 Å². The van der Waals surface area contributed by atoms with E-state index in [0.29, 0.717) is 42.0 Å². The average molecular weight is 393 g/mol. The number of rotatable bonds is 7. The Morgan fingerprint density at radius 2 is 1.76 bits per heavy atom. The van der Waals surface area contributed by atoms with E-state index in [2.05, 4.69) is 4.74 Å². The number of hydrogen-bond donors (Lipinski definition) is 2. The third kappa shape index (κ3) is 4.29. The maximum atomic E-state index is 13.1. The summed E-state index contributed by atoms with van der Waals surface area (Å²) in [6, 6.07) is 14.5. The van der Waals surface area contributed by atoms with Gasteiger partial charge in [-0.15, -0.1) is 0 Å². The van der Waals surface area contributed by atoms with Crippen LogP contribution in [0.1, 0.15) is 23.1 Å². The Kier molecular flexibility index (Phi) is 5.97. The van der Waals surface area contributed by atoms with Crippen molar-refractivity contribution in [2.24, 2.45) is 5.73 Å². The van der Waals surface area contributed by atoms with Gasteiger partial charge in [-0.2, -0.15) is 0 Å². The van der Waals surface area contributed by atoms with E-state index in [0.717, 1.165) is 11.1 Å². The third-order valence-corrected chi connectivity index (χ3v) is 4.86. The topological polar surface area (TPSA) is 106 Å². The van der Waals surface area contributed by atoms with Crippen molar-refractivity contribution in [1.29, 1.82) is 5.41 Å². The second-order valence-corrected chi connectivity index (χ2v) is 6.63. The minimum Gasteiger partial charge on any atom is -0.498 e. The summed E-state index contributed by atoms with van der Waals surface area (Å²) in [5, 5.41) is 7.49. The first-order chi connectivity index (χ1) is 13.9. The quantitative estimate of drug-likeness (QED) is 0.427. The number of benzene rings is 2. The number of anilines is 1. The van der Waals surface area contributed by atoms with E-state index in [-0.39, 0.29) is 17.7 Å². The summed E-state index contributed by atoms with van der Waals surface area (Å²) in [7, 11) is 2.92. The predicted octanol–water partition coefficient (Wildman–Crippen LogP) is 2.48. The molecule has 0 saturated carbocycles. The van der Waals surface area contributed by atoms with Crippen LogP contribution in [-0.2, 0) is 25.5 Å².